The molecule has 1 N–H and O–H groups in total. The maximum absolute atomic E-state index is 12.9. The molecule has 3 rings (SSSR count). The minimum absolute atomic E-state index is 0.154. The molecule has 2 aromatic rings. The van der Waals surface area contributed by atoms with E-state index in [2.05, 4.69) is 5.10 Å². The number of hydrogen-bond donors (Lipinski definition) is 1. The maximum atomic E-state index is 12.9. The van der Waals surface area contributed by atoms with Gasteiger partial charge in [0.25, 0.3) is 21.8 Å². The number of benzene rings is 2. The number of imide groups is 1. The summed E-state index contributed by atoms with van der Waals surface area (Å²) in [5.41, 5.74) is 0.819. The summed E-state index contributed by atoms with van der Waals surface area (Å²) in [6.07, 6.45) is 0. The Hall–Kier alpha value is -3.07. The zero-order chi connectivity index (χ0) is 18.9. The number of nitrogens with one attached hydrogen (secondary N) is 1. The van der Waals surface area contributed by atoms with Crippen LogP contribution in [0, 0.1) is 5.82 Å². The molecule has 9 heteroatoms. The van der Waals surface area contributed by atoms with Crippen LogP contribution in [-0.4, -0.2) is 37.4 Å². The molecule has 0 unspecified atom stereocenters. The van der Waals surface area contributed by atoms with E-state index in [-0.39, 0.29) is 17.2 Å². The van der Waals surface area contributed by atoms with Gasteiger partial charge in [-0.15, -0.1) is 0 Å². The highest BCUT2D eigenvalue weighted by Crippen LogP contribution is 2.22. The first kappa shape index (κ1) is 17.7. The van der Waals surface area contributed by atoms with Crippen molar-refractivity contribution in [3.8, 4) is 0 Å². The van der Waals surface area contributed by atoms with Gasteiger partial charge in [-0.2, -0.15) is 13.5 Å². The molecular formula is C17H14FN3O4S. The predicted octanol–water partition coefficient (Wildman–Crippen LogP) is 1.78. The molecule has 0 atom stereocenters. The number of nitrogens with zero attached hydrogens (tertiary/aromatic N) is 2. The number of hydrazone groups is 1. The molecule has 0 spiro atoms. The highest BCUT2D eigenvalue weighted by molar-refractivity contribution is 7.89. The number of halogens is 1. The fraction of sp³-hybridized carbons (Fsp3) is 0.118. The summed E-state index contributed by atoms with van der Waals surface area (Å²) >= 11 is 0. The lowest BCUT2D eigenvalue weighted by Crippen LogP contribution is -2.35. The third-order valence-corrected chi connectivity index (χ3v) is 4.97. The van der Waals surface area contributed by atoms with E-state index in [1.54, 1.807) is 24.3 Å². The lowest BCUT2D eigenvalue weighted by molar-refractivity contribution is 0.0677. The smallest absolute Gasteiger partial charge is 0.269 e. The van der Waals surface area contributed by atoms with E-state index in [0.29, 0.717) is 11.1 Å². The molecule has 1 heterocycles. The quantitative estimate of drug-likeness (QED) is 0.489. The van der Waals surface area contributed by atoms with E-state index in [0.717, 1.165) is 29.2 Å². The average molecular weight is 375 g/mol. The topological polar surface area (TPSA) is 95.9 Å². The van der Waals surface area contributed by atoms with Crippen LogP contribution in [0.15, 0.2) is 58.5 Å². The number of fused-ring (bicyclic) bond motifs is 1. The summed E-state index contributed by atoms with van der Waals surface area (Å²) < 4.78 is 37.1. The van der Waals surface area contributed by atoms with Crippen LogP contribution in [0.4, 0.5) is 4.39 Å². The Bertz CT molecular complexity index is 982. The fourth-order valence-electron chi connectivity index (χ4n) is 2.45. The number of amides is 2. The Morgan fingerprint density at radius 1 is 1.04 bits per heavy atom. The van der Waals surface area contributed by atoms with Gasteiger partial charge in [0.05, 0.1) is 28.3 Å². The van der Waals surface area contributed by atoms with E-state index < -0.39 is 27.7 Å². The number of hydrogen-bond acceptors (Lipinski definition) is 5. The first-order valence-electron chi connectivity index (χ1n) is 7.55. The zero-order valence-corrected chi connectivity index (χ0v) is 14.5. The maximum Gasteiger partial charge on any atom is 0.276 e. The van der Waals surface area contributed by atoms with Crippen LogP contribution in [0.3, 0.4) is 0 Å². The van der Waals surface area contributed by atoms with Crippen molar-refractivity contribution < 1.29 is 22.4 Å². The molecule has 26 heavy (non-hydrogen) atoms. The minimum Gasteiger partial charge on any atom is -0.269 e. The fourth-order valence-corrected chi connectivity index (χ4v) is 3.33. The summed E-state index contributed by atoms with van der Waals surface area (Å²) in [5, 5.41) is 3.73. The number of sulfonamides is 1. The van der Waals surface area contributed by atoms with Crippen molar-refractivity contribution in [1.29, 1.82) is 0 Å². The monoisotopic (exact) mass is 375 g/mol. The van der Waals surface area contributed by atoms with Gasteiger partial charge in [-0.25, -0.2) is 9.22 Å². The van der Waals surface area contributed by atoms with E-state index in [1.807, 2.05) is 4.83 Å². The van der Waals surface area contributed by atoms with Crippen LogP contribution in [0.5, 0.6) is 0 Å². The van der Waals surface area contributed by atoms with Gasteiger partial charge in [0.15, 0.2) is 0 Å². The molecule has 7 nitrogen and oxygen atoms in total. The number of rotatable bonds is 5. The first-order valence-corrected chi connectivity index (χ1v) is 9.03. The van der Waals surface area contributed by atoms with E-state index >= 15 is 0 Å². The second-order valence-electron chi connectivity index (χ2n) is 5.64. The van der Waals surface area contributed by atoms with Crippen molar-refractivity contribution in [1.82, 2.24) is 9.73 Å². The largest absolute Gasteiger partial charge is 0.276 e. The Kier molecular flexibility index (Phi) is 4.56. The molecule has 0 radical (unpaired) electrons. The SMILES string of the molecule is C/C(CN1C(=O)c2ccccc2C1=O)=N\NS(=O)(=O)c1ccc(F)cc1. The van der Waals surface area contributed by atoms with Gasteiger partial charge in [0.2, 0.25) is 0 Å². The lowest BCUT2D eigenvalue weighted by atomic mass is 10.1. The molecular weight excluding hydrogens is 361 g/mol. The Morgan fingerprint density at radius 2 is 1.58 bits per heavy atom. The summed E-state index contributed by atoms with van der Waals surface area (Å²) in [6, 6.07) is 10.7. The van der Waals surface area contributed by atoms with Crippen LogP contribution in [0.2, 0.25) is 0 Å². The Morgan fingerprint density at radius 3 is 2.12 bits per heavy atom. The number of carbonyl (C=O) groups excluding carboxylic acids is 2. The molecule has 0 aromatic heterocycles. The standard InChI is InChI=1S/C17H14FN3O4S/c1-11(19-20-26(24,25)13-8-6-12(18)7-9-13)10-21-16(22)14-4-2-3-5-15(14)17(21)23/h2-9,20H,10H2,1H3/b19-11+. The minimum atomic E-state index is -3.98. The van der Waals surface area contributed by atoms with Crippen LogP contribution >= 0.6 is 0 Å². The zero-order valence-electron chi connectivity index (χ0n) is 13.6. The molecule has 0 fully saturated rings. The van der Waals surface area contributed by atoms with Crippen LogP contribution < -0.4 is 4.83 Å². The molecule has 2 amide bonds. The Labute approximate surface area is 149 Å². The second-order valence-corrected chi connectivity index (χ2v) is 7.30. The lowest BCUT2D eigenvalue weighted by Gasteiger charge is -2.13. The molecule has 134 valence electrons. The summed E-state index contributed by atoms with van der Waals surface area (Å²) in [4.78, 5) is 27.4. The van der Waals surface area contributed by atoms with Gasteiger partial charge in [-0.1, -0.05) is 12.1 Å². The van der Waals surface area contributed by atoms with Gasteiger partial charge in [-0.3, -0.25) is 14.5 Å². The van der Waals surface area contributed by atoms with Crippen LogP contribution in [0.25, 0.3) is 0 Å². The second kappa shape index (κ2) is 6.68. The number of carbonyl (C=O) groups is 2. The molecule has 0 bridgehead atoms. The Balaban J connectivity index is 1.73. The molecule has 0 saturated heterocycles. The predicted molar refractivity (Wildman–Crippen MR) is 91.6 cm³/mol. The molecule has 0 aliphatic carbocycles. The van der Waals surface area contributed by atoms with Gasteiger partial charge in [0, 0.05) is 0 Å². The summed E-state index contributed by atoms with van der Waals surface area (Å²) in [7, 11) is -3.98. The van der Waals surface area contributed by atoms with E-state index in [4.69, 9.17) is 0 Å². The van der Waals surface area contributed by atoms with Gasteiger partial charge in [0.1, 0.15) is 5.82 Å². The van der Waals surface area contributed by atoms with Gasteiger partial charge in [-0.05, 0) is 43.3 Å². The van der Waals surface area contributed by atoms with Gasteiger partial charge >= 0.3 is 0 Å². The summed E-state index contributed by atoms with van der Waals surface area (Å²) in [5.74, 6) is -1.47. The first-order chi connectivity index (χ1) is 12.3. The summed E-state index contributed by atoms with van der Waals surface area (Å²) in [6.45, 7) is 1.33. The van der Waals surface area contributed by atoms with Crippen molar-refractivity contribution in [3.05, 3.63) is 65.5 Å². The normalized spacial score (nSPS) is 14.5. The van der Waals surface area contributed by atoms with Gasteiger partial charge < -0.3 is 0 Å². The molecule has 0 saturated carbocycles. The van der Waals surface area contributed by atoms with Crippen LogP contribution in [-0.2, 0) is 10.0 Å². The van der Waals surface area contributed by atoms with Crippen molar-refractivity contribution >= 4 is 27.5 Å². The molecule has 2 aromatic carbocycles. The average Bonchev–Trinajstić information content (AvgIpc) is 2.86. The van der Waals surface area contributed by atoms with Crippen molar-refractivity contribution in [3.63, 3.8) is 0 Å². The highest BCUT2D eigenvalue weighted by atomic mass is 32.2. The molecule has 1 aliphatic heterocycles. The van der Waals surface area contributed by atoms with Crippen molar-refractivity contribution in [2.75, 3.05) is 6.54 Å². The highest BCUT2D eigenvalue weighted by Gasteiger charge is 2.35. The molecule has 1 aliphatic rings. The van der Waals surface area contributed by atoms with Crippen LogP contribution in [0.1, 0.15) is 27.6 Å². The van der Waals surface area contributed by atoms with Crippen molar-refractivity contribution in [2.24, 2.45) is 5.10 Å². The van der Waals surface area contributed by atoms with E-state index in [1.165, 1.54) is 6.92 Å². The van der Waals surface area contributed by atoms with E-state index in [9.17, 15) is 22.4 Å². The van der Waals surface area contributed by atoms with Crippen molar-refractivity contribution in [2.45, 2.75) is 11.8 Å². The third-order valence-electron chi connectivity index (χ3n) is 3.75. The third kappa shape index (κ3) is 3.33.